The minimum atomic E-state index is -0.531. The molecular weight excluding hydrogens is 394 g/mol. The highest BCUT2D eigenvalue weighted by Gasteiger charge is 2.44. The Morgan fingerprint density at radius 1 is 1.35 bits per heavy atom. The number of hydrogen-bond donors (Lipinski definition) is 0. The number of carbonyl (C=O) groups excluding carboxylic acids is 2. The van der Waals surface area contributed by atoms with E-state index in [0.29, 0.717) is 18.9 Å². The van der Waals surface area contributed by atoms with Gasteiger partial charge >= 0.3 is 6.09 Å². The second-order valence-electron chi connectivity index (χ2n) is 8.52. The Bertz CT molecular complexity index is 710. The van der Waals surface area contributed by atoms with Crippen molar-refractivity contribution in [3.8, 4) is 0 Å². The molecule has 142 valence electrons. The fourth-order valence-corrected chi connectivity index (χ4v) is 4.59. The van der Waals surface area contributed by atoms with Gasteiger partial charge in [0.1, 0.15) is 5.60 Å². The molecule has 0 spiro atoms. The van der Waals surface area contributed by atoms with Crippen LogP contribution in [0.1, 0.15) is 62.9 Å². The van der Waals surface area contributed by atoms with Crippen molar-refractivity contribution in [1.29, 1.82) is 0 Å². The van der Waals surface area contributed by atoms with Crippen molar-refractivity contribution in [2.24, 2.45) is 11.8 Å². The summed E-state index contributed by atoms with van der Waals surface area (Å²) in [4.78, 5) is 27.7. The van der Waals surface area contributed by atoms with Gasteiger partial charge in [-0.3, -0.25) is 4.79 Å². The van der Waals surface area contributed by atoms with Crippen LogP contribution >= 0.6 is 15.9 Å². The van der Waals surface area contributed by atoms with Gasteiger partial charge in [0.05, 0.1) is 0 Å². The Morgan fingerprint density at radius 3 is 2.73 bits per heavy atom. The van der Waals surface area contributed by atoms with Crippen molar-refractivity contribution in [2.45, 2.75) is 65.0 Å². The van der Waals surface area contributed by atoms with E-state index in [0.717, 1.165) is 34.9 Å². The Balaban J connectivity index is 1.86. The van der Waals surface area contributed by atoms with Crippen LogP contribution in [0, 0.1) is 11.8 Å². The van der Waals surface area contributed by atoms with E-state index in [2.05, 4.69) is 22.9 Å². The standard InChI is InChI=1S/C21H28BrNO3/c1-5-13-8-9-23(20(25)26-21(2,3)4)18(10-13)17-12-14-11-15(22)6-7-16(14)19(17)24/h6-7,11,13,17-18H,5,8-10,12H2,1-4H3. The van der Waals surface area contributed by atoms with Crippen molar-refractivity contribution >= 4 is 27.8 Å². The van der Waals surface area contributed by atoms with E-state index in [9.17, 15) is 9.59 Å². The minimum Gasteiger partial charge on any atom is -0.444 e. The molecular formula is C21H28BrNO3. The first-order valence-corrected chi connectivity index (χ1v) is 10.3. The van der Waals surface area contributed by atoms with Gasteiger partial charge in [0.15, 0.2) is 5.78 Å². The van der Waals surface area contributed by atoms with Crippen LogP contribution in [-0.2, 0) is 11.2 Å². The van der Waals surface area contributed by atoms with Crippen LogP contribution in [0.15, 0.2) is 22.7 Å². The summed E-state index contributed by atoms with van der Waals surface area (Å²) < 4.78 is 6.63. The van der Waals surface area contributed by atoms with E-state index in [4.69, 9.17) is 4.74 Å². The summed E-state index contributed by atoms with van der Waals surface area (Å²) in [5, 5.41) is 0. The molecule has 1 aromatic rings. The number of benzene rings is 1. The van der Waals surface area contributed by atoms with Crippen LogP contribution < -0.4 is 0 Å². The number of ketones is 1. The molecule has 0 N–H and O–H groups in total. The number of amides is 1. The van der Waals surface area contributed by atoms with Gasteiger partial charge in [0, 0.05) is 28.5 Å². The molecule has 0 aromatic heterocycles. The van der Waals surface area contributed by atoms with Crippen molar-refractivity contribution in [3.05, 3.63) is 33.8 Å². The molecule has 1 aliphatic heterocycles. The number of piperidine rings is 1. The number of Topliss-reactive ketones (excluding diaryl/α,β-unsaturated/α-hetero) is 1. The van der Waals surface area contributed by atoms with E-state index in [1.807, 2.05) is 43.9 Å². The average Bonchev–Trinajstić information content (AvgIpc) is 2.88. The Kier molecular flexibility index (Phi) is 5.48. The van der Waals surface area contributed by atoms with E-state index in [-0.39, 0.29) is 23.8 Å². The molecule has 0 bridgehead atoms. The molecule has 5 heteroatoms. The van der Waals surface area contributed by atoms with Gasteiger partial charge < -0.3 is 9.64 Å². The third-order valence-corrected chi connectivity index (χ3v) is 6.03. The second kappa shape index (κ2) is 7.34. The number of fused-ring (bicyclic) bond motifs is 1. The maximum absolute atomic E-state index is 13.1. The monoisotopic (exact) mass is 421 g/mol. The fraction of sp³-hybridized carbons (Fsp3) is 0.619. The van der Waals surface area contributed by atoms with Crippen LogP contribution in [0.5, 0.6) is 0 Å². The van der Waals surface area contributed by atoms with Gasteiger partial charge in [-0.15, -0.1) is 0 Å². The SMILES string of the molecule is CCC1CCN(C(=O)OC(C)(C)C)C(C2Cc3cc(Br)ccc3C2=O)C1. The third-order valence-electron chi connectivity index (χ3n) is 5.53. The highest BCUT2D eigenvalue weighted by atomic mass is 79.9. The van der Waals surface area contributed by atoms with E-state index in [1.54, 1.807) is 0 Å². The predicted molar refractivity (Wildman–Crippen MR) is 105 cm³/mol. The lowest BCUT2D eigenvalue weighted by Gasteiger charge is -2.42. The number of rotatable bonds is 2. The molecule has 1 heterocycles. The lowest BCUT2D eigenvalue weighted by Crippen LogP contribution is -2.52. The molecule has 1 aromatic carbocycles. The molecule has 1 saturated heterocycles. The summed E-state index contributed by atoms with van der Waals surface area (Å²) in [6, 6.07) is 5.77. The molecule has 3 unspecified atom stereocenters. The Hall–Kier alpha value is -1.36. The summed E-state index contributed by atoms with van der Waals surface area (Å²) in [6.07, 6.45) is 3.35. The van der Waals surface area contributed by atoms with Crippen LogP contribution in [0.25, 0.3) is 0 Å². The van der Waals surface area contributed by atoms with Crippen LogP contribution in [-0.4, -0.2) is 35.0 Å². The zero-order chi connectivity index (χ0) is 19.1. The fourth-order valence-electron chi connectivity index (χ4n) is 4.19. The van der Waals surface area contributed by atoms with Gasteiger partial charge in [-0.25, -0.2) is 4.79 Å². The van der Waals surface area contributed by atoms with E-state index < -0.39 is 5.60 Å². The smallest absolute Gasteiger partial charge is 0.410 e. The molecule has 1 aliphatic carbocycles. The number of hydrogen-bond acceptors (Lipinski definition) is 3. The molecule has 0 radical (unpaired) electrons. The average molecular weight is 422 g/mol. The van der Waals surface area contributed by atoms with Gasteiger partial charge in [-0.05, 0) is 63.6 Å². The van der Waals surface area contributed by atoms with Crippen molar-refractivity contribution in [3.63, 3.8) is 0 Å². The first-order chi connectivity index (χ1) is 12.2. The molecule has 3 rings (SSSR count). The maximum Gasteiger partial charge on any atom is 0.410 e. The summed E-state index contributed by atoms with van der Waals surface area (Å²) >= 11 is 3.49. The largest absolute Gasteiger partial charge is 0.444 e. The number of nitrogens with zero attached hydrogens (tertiary/aromatic N) is 1. The van der Waals surface area contributed by atoms with Crippen molar-refractivity contribution in [2.75, 3.05) is 6.54 Å². The second-order valence-corrected chi connectivity index (χ2v) is 9.43. The number of halogens is 1. The molecule has 3 atom stereocenters. The van der Waals surface area contributed by atoms with Gasteiger partial charge in [-0.1, -0.05) is 35.3 Å². The first kappa shape index (κ1) is 19.4. The van der Waals surface area contributed by atoms with Crippen LogP contribution in [0.3, 0.4) is 0 Å². The highest BCUT2D eigenvalue weighted by Crippen LogP contribution is 2.38. The molecule has 0 saturated carbocycles. The normalized spacial score (nSPS) is 26.0. The highest BCUT2D eigenvalue weighted by molar-refractivity contribution is 9.10. The van der Waals surface area contributed by atoms with Gasteiger partial charge in [0.25, 0.3) is 0 Å². The third kappa shape index (κ3) is 3.98. The minimum absolute atomic E-state index is 0.0813. The Labute approximate surface area is 164 Å². The summed E-state index contributed by atoms with van der Waals surface area (Å²) in [5.74, 6) is 0.561. The van der Waals surface area contributed by atoms with E-state index in [1.165, 1.54) is 0 Å². The lowest BCUT2D eigenvalue weighted by molar-refractivity contribution is -0.00323. The number of carbonyl (C=O) groups is 2. The number of ether oxygens (including phenoxy) is 1. The van der Waals surface area contributed by atoms with E-state index >= 15 is 0 Å². The molecule has 1 amide bonds. The predicted octanol–water partition coefficient (Wildman–Crippen LogP) is 5.23. The van der Waals surface area contributed by atoms with Gasteiger partial charge in [0.2, 0.25) is 0 Å². The van der Waals surface area contributed by atoms with Crippen LogP contribution in [0.4, 0.5) is 4.79 Å². The molecule has 1 fully saturated rings. The number of likely N-dealkylation sites (tertiary alicyclic amines) is 1. The summed E-state index contributed by atoms with van der Waals surface area (Å²) in [5.41, 5.74) is 1.36. The Morgan fingerprint density at radius 2 is 2.08 bits per heavy atom. The molecule has 26 heavy (non-hydrogen) atoms. The van der Waals surface area contributed by atoms with Crippen molar-refractivity contribution < 1.29 is 14.3 Å². The van der Waals surface area contributed by atoms with Crippen molar-refractivity contribution in [1.82, 2.24) is 4.90 Å². The maximum atomic E-state index is 13.1. The topological polar surface area (TPSA) is 46.6 Å². The lowest BCUT2D eigenvalue weighted by atomic mass is 9.81. The van der Waals surface area contributed by atoms with Crippen LogP contribution in [0.2, 0.25) is 0 Å². The summed E-state index contributed by atoms with van der Waals surface area (Å²) in [7, 11) is 0. The first-order valence-electron chi connectivity index (χ1n) is 9.52. The summed E-state index contributed by atoms with van der Waals surface area (Å²) in [6.45, 7) is 8.50. The quantitative estimate of drug-likeness (QED) is 0.656. The van der Waals surface area contributed by atoms with Gasteiger partial charge in [-0.2, -0.15) is 0 Å². The zero-order valence-electron chi connectivity index (χ0n) is 16.0. The molecule has 4 nitrogen and oxygen atoms in total. The molecule has 2 aliphatic rings. The zero-order valence-corrected chi connectivity index (χ0v) is 17.6.